The van der Waals surface area contributed by atoms with E-state index in [1.807, 2.05) is 24.3 Å². The number of carbonyl (C=O) groups excluding carboxylic acids is 2. The first kappa shape index (κ1) is 16.0. The maximum Gasteiger partial charge on any atom is 0.411 e. The number of methoxy groups -OCH3 is 2. The third kappa shape index (κ3) is 3.38. The van der Waals surface area contributed by atoms with Crippen LogP contribution >= 0.6 is 11.8 Å². The van der Waals surface area contributed by atoms with Crippen molar-refractivity contribution in [3.8, 4) is 0 Å². The minimum atomic E-state index is -0.520. The van der Waals surface area contributed by atoms with Crippen LogP contribution in [-0.2, 0) is 9.47 Å². The fourth-order valence-electron chi connectivity index (χ4n) is 2.18. The van der Waals surface area contributed by atoms with Crippen LogP contribution in [0.2, 0.25) is 0 Å². The first-order valence-electron chi connectivity index (χ1n) is 7.02. The van der Waals surface area contributed by atoms with Crippen LogP contribution in [0.3, 0.4) is 0 Å². The maximum atomic E-state index is 11.3. The lowest BCUT2D eigenvalue weighted by atomic mass is 10.2. The first-order valence-corrected chi connectivity index (χ1v) is 7.83. The molecule has 0 radical (unpaired) electrons. The second-order valence-corrected chi connectivity index (χ2v) is 5.97. The third-order valence-corrected chi connectivity index (χ3v) is 4.43. The zero-order chi connectivity index (χ0) is 17.1. The summed E-state index contributed by atoms with van der Waals surface area (Å²) in [5, 5.41) is 8.59. The van der Waals surface area contributed by atoms with Crippen LogP contribution in [0, 0.1) is 0 Å². The molecule has 0 atom stereocenters. The standard InChI is InChI=1S/C16H15N3O4S/c1-22-15(20)17-9-3-5-11-13(7-9)24-14-8-10(18-16(21)23-2)4-6-12(14)19-11/h3-8,19H,1-2H3,(H,17,20)(H,18,21). The van der Waals surface area contributed by atoms with Gasteiger partial charge in [0.1, 0.15) is 0 Å². The fraction of sp³-hybridized carbons (Fsp3) is 0.125. The van der Waals surface area contributed by atoms with E-state index < -0.39 is 12.2 Å². The van der Waals surface area contributed by atoms with Crippen molar-refractivity contribution in [2.45, 2.75) is 9.79 Å². The molecule has 2 amide bonds. The van der Waals surface area contributed by atoms with Gasteiger partial charge < -0.3 is 14.8 Å². The number of rotatable bonds is 2. The molecule has 0 aromatic heterocycles. The van der Waals surface area contributed by atoms with Gasteiger partial charge in [-0.3, -0.25) is 10.6 Å². The van der Waals surface area contributed by atoms with Crippen LogP contribution < -0.4 is 16.0 Å². The molecule has 2 aromatic rings. The predicted octanol–water partition coefficient (Wildman–Crippen LogP) is 4.25. The molecular weight excluding hydrogens is 330 g/mol. The van der Waals surface area contributed by atoms with Crippen LogP contribution in [0.1, 0.15) is 0 Å². The molecule has 0 fully saturated rings. The summed E-state index contributed by atoms with van der Waals surface area (Å²) < 4.78 is 9.19. The van der Waals surface area contributed by atoms with Crippen molar-refractivity contribution < 1.29 is 19.1 Å². The Morgan fingerprint density at radius 3 is 1.75 bits per heavy atom. The van der Waals surface area contributed by atoms with Crippen molar-refractivity contribution in [3.05, 3.63) is 36.4 Å². The van der Waals surface area contributed by atoms with Crippen LogP contribution in [0.4, 0.5) is 32.3 Å². The number of hydrogen-bond donors (Lipinski definition) is 3. The summed E-state index contributed by atoms with van der Waals surface area (Å²) in [7, 11) is 2.63. The molecule has 1 aliphatic rings. The Hall–Kier alpha value is -2.87. The van der Waals surface area contributed by atoms with Crippen molar-refractivity contribution in [2.75, 3.05) is 30.2 Å². The Kier molecular flexibility index (Phi) is 4.48. The smallest absolute Gasteiger partial charge is 0.411 e. The topological polar surface area (TPSA) is 88.7 Å². The SMILES string of the molecule is COC(=O)Nc1ccc2c(c1)Sc1cc(NC(=O)OC)ccc1N2. The second kappa shape index (κ2) is 6.71. The molecule has 124 valence electrons. The van der Waals surface area contributed by atoms with E-state index in [2.05, 4.69) is 25.4 Å². The van der Waals surface area contributed by atoms with Crippen molar-refractivity contribution in [1.82, 2.24) is 0 Å². The average molecular weight is 345 g/mol. The van der Waals surface area contributed by atoms with Gasteiger partial charge in [-0.2, -0.15) is 0 Å². The summed E-state index contributed by atoms with van der Waals surface area (Å²) in [6, 6.07) is 11.1. The summed E-state index contributed by atoms with van der Waals surface area (Å²) in [4.78, 5) is 24.5. The quantitative estimate of drug-likeness (QED) is 0.643. The lowest BCUT2D eigenvalue weighted by Gasteiger charge is -2.22. The van der Waals surface area contributed by atoms with Crippen LogP contribution in [-0.4, -0.2) is 26.4 Å². The maximum absolute atomic E-state index is 11.3. The summed E-state index contributed by atoms with van der Waals surface area (Å²) in [6.07, 6.45) is -1.04. The zero-order valence-electron chi connectivity index (χ0n) is 13.0. The molecule has 8 heteroatoms. The number of fused-ring (bicyclic) bond motifs is 2. The highest BCUT2D eigenvalue weighted by Crippen LogP contribution is 2.45. The fourth-order valence-corrected chi connectivity index (χ4v) is 3.24. The van der Waals surface area contributed by atoms with Crippen LogP contribution in [0.5, 0.6) is 0 Å². The van der Waals surface area contributed by atoms with Gasteiger partial charge in [-0.05, 0) is 36.4 Å². The van der Waals surface area contributed by atoms with Gasteiger partial charge in [0.05, 0.1) is 25.6 Å². The second-order valence-electron chi connectivity index (χ2n) is 4.88. The lowest BCUT2D eigenvalue weighted by Crippen LogP contribution is -2.12. The number of carbonyl (C=O) groups is 2. The largest absolute Gasteiger partial charge is 0.453 e. The number of hydrogen-bond acceptors (Lipinski definition) is 6. The van der Waals surface area contributed by atoms with E-state index in [9.17, 15) is 9.59 Å². The Labute approximate surface area is 142 Å². The van der Waals surface area contributed by atoms with Gasteiger partial charge in [-0.1, -0.05) is 11.8 Å². The Morgan fingerprint density at radius 2 is 1.33 bits per heavy atom. The van der Waals surface area contributed by atoms with Crippen molar-refractivity contribution >= 4 is 46.7 Å². The summed E-state index contributed by atoms with van der Waals surface area (Å²) in [6.45, 7) is 0. The molecule has 2 aromatic carbocycles. The van der Waals surface area contributed by atoms with E-state index in [1.165, 1.54) is 26.0 Å². The van der Waals surface area contributed by atoms with Crippen LogP contribution in [0.25, 0.3) is 0 Å². The molecule has 0 saturated carbocycles. The molecule has 24 heavy (non-hydrogen) atoms. The van der Waals surface area contributed by atoms with Crippen molar-refractivity contribution in [1.29, 1.82) is 0 Å². The molecule has 0 unspecified atom stereocenters. The Bertz CT molecular complexity index is 744. The van der Waals surface area contributed by atoms with E-state index >= 15 is 0 Å². The molecular formula is C16H15N3O4S. The van der Waals surface area contributed by atoms with E-state index in [4.69, 9.17) is 0 Å². The third-order valence-electron chi connectivity index (χ3n) is 3.32. The number of amides is 2. The minimum Gasteiger partial charge on any atom is -0.453 e. The number of anilines is 4. The Balaban J connectivity index is 1.83. The van der Waals surface area contributed by atoms with Crippen molar-refractivity contribution in [2.24, 2.45) is 0 Å². The Morgan fingerprint density at radius 1 is 0.875 bits per heavy atom. The lowest BCUT2D eigenvalue weighted by molar-refractivity contribution is 0.186. The molecule has 1 heterocycles. The molecule has 0 spiro atoms. The van der Waals surface area contributed by atoms with Gasteiger partial charge in [0.25, 0.3) is 0 Å². The highest BCUT2D eigenvalue weighted by atomic mass is 32.2. The van der Waals surface area contributed by atoms with Gasteiger partial charge in [-0.25, -0.2) is 9.59 Å². The first-order chi connectivity index (χ1) is 11.6. The van der Waals surface area contributed by atoms with E-state index in [0.717, 1.165) is 21.2 Å². The highest BCUT2D eigenvalue weighted by molar-refractivity contribution is 7.99. The van der Waals surface area contributed by atoms with E-state index in [1.54, 1.807) is 12.1 Å². The van der Waals surface area contributed by atoms with Gasteiger partial charge in [-0.15, -0.1) is 0 Å². The zero-order valence-corrected chi connectivity index (χ0v) is 13.8. The van der Waals surface area contributed by atoms with Crippen LogP contribution in [0.15, 0.2) is 46.2 Å². The van der Waals surface area contributed by atoms with E-state index in [-0.39, 0.29) is 0 Å². The number of nitrogens with one attached hydrogen (secondary N) is 3. The molecule has 1 aliphatic heterocycles. The van der Waals surface area contributed by atoms with E-state index in [0.29, 0.717) is 11.4 Å². The van der Waals surface area contributed by atoms with Gasteiger partial charge in [0.15, 0.2) is 0 Å². The normalized spacial score (nSPS) is 11.4. The summed E-state index contributed by atoms with van der Waals surface area (Å²) in [5.74, 6) is 0. The predicted molar refractivity (Wildman–Crippen MR) is 92.3 cm³/mol. The molecule has 7 nitrogen and oxygen atoms in total. The highest BCUT2D eigenvalue weighted by Gasteiger charge is 2.17. The van der Waals surface area contributed by atoms with Gasteiger partial charge in [0, 0.05) is 21.2 Å². The van der Waals surface area contributed by atoms with Gasteiger partial charge in [0.2, 0.25) is 0 Å². The average Bonchev–Trinajstić information content (AvgIpc) is 2.59. The number of benzene rings is 2. The number of ether oxygens (including phenoxy) is 2. The summed E-state index contributed by atoms with van der Waals surface area (Å²) in [5.41, 5.74) is 3.16. The van der Waals surface area contributed by atoms with Crippen molar-refractivity contribution in [3.63, 3.8) is 0 Å². The monoisotopic (exact) mass is 345 g/mol. The molecule has 0 bridgehead atoms. The van der Waals surface area contributed by atoms with Gasteiger partial charge >= 0.3 is 12.2 Å². The molecule has 3 N–H and O–H groups in total. The molecule has 0 aliphatic carbocycles. The summed E-state index contributed by atoms with van der Waals surface area (Å²) >= 11 is 1.53. The molecule has 0 saturated heterocycles. The minimum absolute atomic E-state index is 0.520. The molecule has 3 rings (SSSR count).